The molecule has 0 saturated carbocycles. The third-order valence-corrected chi connectivity index (χ3v) is 6.33. The largest absolute Gasteiger partial charge is 0.491 e. The predicted molar refractivity (Wildman–Crippen MR) is 128 cm³/mol. The molecule has 0 bridgehead atoms. The smallest absolute Gasteiger partial charge is 0.253 e. The van der Waals surface area contributed by atoms with Gasteiger partial charge in [0.25, 0.3) is 5.91 Å². The zero-order valence-electron chi connectivity index (χ0n) is 19.5. The Balaban J connectivity index is 1.22. The molecule has 1 N–H and O–H groups in total. The molecule has 2 aliphatic rings. The zero-order valence-corrected chi connectivity index (χ0v) is 19.5. The summed E-state index contributed by atoms with van der Waals surface area (Å²) in [4.78, 5) is 29.4. The number of carbonyl (C=O) groups excluding carboxylic acids is 2. The molecule has 0 radical (unpaired) electrons. The summed E-state index contributed by atoms with van der Waals surface area (Å²) in [6.07, 6.45) is 2.30. The van der Waals surface area contributed by atoms with Crippen LogP contribution in [0, 0.1) is 13.8 Å². The van der Waals surface area contributed by atoms with Gasteiger partial charge in [0.05, 0.1) is 12.6 Å². The summed E-state index contributed by atoms with van der Waals surface area (Å²) < 4.78 is 11.4. The van der Waals surface area contributed by atoms with Gasteiger partial charge in [-0.15, -0.1) is 0 Å². The van der Waals surface area contributed by atoms with Gasteiger partial charge in [0.2, 0.25) is 5.91 Å². The number of rotatable bonds is 7. The van der Waals surface area contributed by atoms with Crippen LogP contribution in [0.4, 0.5) is 5.69 Å². The lowest BCUT2D eigenvalue weighted by molar-refractivity contribution is -0.117. The van der Waals surface area contributed by atoms with E-state index in [4.69, 9.17) is 9.47 Å². The van der Waals surface area contributed by atoms with Crippen LogP contribution in [-0.4, -0.2) is 73.7 Å². The summed E-state index contributed by atoms with van der Waals surface area (Å²) in [5, 5.41) is 3.04. The number of hydrogen-bond acceptors (Lipinski definition) is 5. The summed E-state index contributed by atoms with van der Waals surface area (Å²) >= 11 is 0. The quantitative estimate of drug-likeness (QED) is 0.700. The second-order valence-corrected chi connectivity index (χ2v) is 8.85. The normalized spacial score (nSPS) is 18.8. The number of aryl methyl sites for hydroxylation is 2. The minimum Gasteiger partial charge on any atom is -0.491 e. The number of para-hydroxylation sites is 1. The molecule has 0 aromatic heterocycles. The molecule has 1 atom stereocenters. The molecule has 176 valence electrons. The average molecular weight is 452 g/mol. The molecule has 0 aliphatic carbocycles. The number of amides is 2. The van der Waals surface area contributed by atoms with E-state index in [0.717, 1.165) is 42.0 Å². The first kappa shape index (κ1) is 23.3. The van der Waals surface area contributed by atoms with Crippen molar-refractivity contribution >= 4 is 17.5 Å². The van der Waals surface area contributed by atoms with Crippen molar-refractivity contribution in [3.8, 4) is 5.75 Å². The highest BCUT2D eigenvalue weighted by Crippen LogP contribution is 2.20. The van der Waals surface area contributed by atoms with E-state index in [1.165, 1.54) is 0 Å². The second kappa shape index (κ2) is 10.8. The van der Waals surface area contributed by atoms with Crippen molar-refractivity contribution in [3.63, 3.8) is 0 Å². The summed E-state index contributed by atoms with van der Waals surface area (Å²) in [6, 6.07) is 13.3. The van der Waals surface area contributed by atoms with Crippen molar-refractivity contribution in [2.24, 2.45) is 0 Å². The number of nitrogens with zero attached hydrogens (tertiary/aromatic N) is 2. The number of hydrogen-bond donors (Lipinski definition) is 1. The minimum atomic E-state index is -0.0224. The van der Waals surface area contributed by atoms with E-state index >= 15 is 0 Å². The number of piperazine rings is 1. The van der Waals surface area contributed by atoms with Gasteiger partial charge in [-0.1, -0.05) is 18.2 Å². The summed E-state index contributed by atoms with van der Waals surface area (Å²) in [5.41, 5.74) is 3.66. The maximum Gasteiger partial charge on any atom is 0.253 e. The number of ether oxygens (including phenoxy) is 2. The van der Waals surface area contributed by atoms with Crippen LogP contribution in [0.2, 0.25) is 0 Å². The molecule has 2 saturated heterocycles. The molecule has 2 aromatic carbocycles. The van der Waals surface area contributed by atoms with Gasteiger partial charge in [-0.25, -0.2) is 0 Å². The van der Waals surface area contributed by atoms with E-state index < -0.39 is 0 Å². The lowest BCUT2D eigenvalue weighted by Crippen LogP contribution is -2.50. The third kappa shape index (κ3) is 6.12. The van der Waals surface area contributed by atoms with Crippen molar-refractivity contribution < 1.29 is 19.1 Å². The van der Waals surface area contributed by atoms with Gasteiger partial charge >= 0.3 is 0 Å². The SMILES string of the molecule is Cc1cccc(C)c1NC(=O)CN1CCN(C(=O)c2ccc(OCC3CCCO3)cc2)CC1. The molecule has 7 heteroatoms. The van der Waals surface area contributed by atoms with Gasteiger partial charge in [-0.05, 0) is 62.1 Å². The van der Waals surface area contributed by atoms with E-state index in [1.807, 2.05) is 61.2 Å². The van der Waals surface area contributed by atoms with E-state index in [2.05, 4.69) is 10.2 Å². The van der Waals surface area contributed by atoms with E-state index in [9.17, 15) is 9.59 Å². The minimum absolute atomic E-state index is 0.0142. The fourth-order valence-electron chi connectivity index (χ4n) is 4.34. The summed E-state index contributed by atoms with van der Waals surface area (Å²) in [5.74, 6) is 0.743. The Morgan fingerprint density at radius 3 is 2.36 bits per heavy atom. The lowest BCUT2D eigenvalue weighted by atomic mass is 10.1. The van der Waals surface area contributed by atoms with Crippen molar-refractivity contribution in [1.29, 1.82) is 0 Å². The van der Waals surface area contributed by atoms with Crippen molar-refractivity contribution in [2.75, 3.05) is 51.3 Å². The number of carbonyl (C=O) groups is 2. The van der Waals surface area contributed by atoms with Gasteiger partial charge in [0.15, 0.2) is 0 Å². The Morgan fingerprint density at radius 1 is 1.03 bits per heavy atom. The fraction of sp³-hybridized carbons (Fsp3) is 0.462. The standard InChI is InChI=1S/C26H33N3O4/c1-19-5-3-6-20(2)25(19)27-24(30)17-28-12-14-29(15-13-28)26(31)21-8-10-22(11-9-21)33-18-23-7-4-16-32-23/h3,5-6,8-11,23H,4,7,12-18H2,1-2H3,(H,27,30). The molecule has 2 amide bonds. The molecular weight excluding hydrogens is 418 g/mol. The Hall–Kier alpha value is -2.90. The third-order valence-electron chi connectivity index (χ3n) is 6.33. The first-order valence-electron chi connectivity index (χ1n) is 11.7. The topological polar surface area (TPSA) is 71.1 Å². The van der Waals surface area contributed by atoms with Crippen LogP contribution in [0.3, 0.4) is 0 Å². The monoisotopic (exact) mass is 451 g/mol. The first-order chi connectivity index (χ1) is 16.0. The van der Waals surface area contributed by atoms with Crippen LogP contribution < -0.4 is 10.1 Å². The van der Waals surface area contributed by atoms with Crippen LogP contribution in [-0.2, 0) is 9.53 Å². The maximum absolute atomic E-state index is 12.9. The fourth-order valence-corrected chi connectivity index (χ4v) is 4.34. The van der Waals surface area contributed by atoms with Crippen LogP contribution >= 0.6 is 0 Å². The first-order valence-corrected chi connectivity index (χ1v) is 11.7. The van der Waals surface area contributed by atoms with Crippen molar-refractivity contribution in [1.82, 2.24) is 9.80 Å². The number of nitrogens with one attached hydrogen (secondary N) is 1. The number of benzene rings is 2. The van der Waals surface area contributed by atoms with Crippen LogP contribution in [0.1, 0.15) is 34.3 Å². The Kier molecular flexibility index (Phi) is 7.62. The molecule has 2 aromatic rings. The number of anilines is 1. The van der Waals surface area contributed by atoms with Crippen LogP contribution in [0.15, 0.2) is 42.5 Å². The van der Waals surface area contributed by atoms with E-state index in [1.54, 1.807) is 0 Å². The molecule has 2 fully saturated rings. The summed E-state index contributed by atoms with van der Waals surface area (Å²) in [7, 11) is 0. The van der Waals surface area contributed by atoms with Gasteiger partial charge in [-0.2, -0.15) is 0 Å². The zero-order chi connectivity index (χ0) is 23.2. The second-order valence-electron chi connectivity index (χ2n) is 8.85. The Morgan fingerprint density at radius 2 is 1.73 bits per heavy atom. The van der Waals surface area contributed by atoms with Crippen LogP contribution in [0.5, 0.6) is 5.75 Å². The predicted octanol–water partition coefficient (Wildman–Crippen LogP) is 3.26. The highest BCUT2D eigenvalue weighted by Gasteiger charge is 2.24. The molecule has 2 aliphatic heterocycles. The highest BCUT2D eigenvalue weighted by molar-refractivity contribution is 5.95. The Bertz CT molecular complexity index is 942. The van der Waals surface area contributed by atoms with E-state index in [-0.39, 0.29) is 17.9 Å². The van der Waals surface area contributed by atoms with Gasteiger partial charge in [-0.3, -0.25) is 14.5 Å². The molecular formula is C26H33N3O4. The van der Waals surface area contributed by atoms with Gasteiger partial charge < -0.3 is 19.7 Å². The van der Waals surface area contributed by atoms with Crippen LogP contribution in [0.25, 0.3) is 0 Å². The van der Waals surface area contributed by atoms with Crippen molar-refractivity contribution in [3.05, 3.63) is 59.2 Å². The Labute approximate surface area is 195 Å². The molecule has 0 spiro atoms. The molecule has 33 heavy (non-hydrogen) atoms. The van der Waals surface area contributed by atoms with Crippen molar-refractivity contribution in [2.45, 2.75) is 32.8 Å². The highest BCUT2D eigenvalue weighted by atomic mass is 16.5. The lowest BCUT2D eigenvalue weighted by Gasteiger charge is -2.34. The van der Waals surface area contributed by atoms with E-state index in [0.29, 0.717) is 44.9 Å². The average Bonchev–Trinajstić information content (AvgIpc) is 3.34. The molecule has 7 nitrogen and oxygen atoms in total. The maximum atomic E-state index is 12.9. The molecule has 4 rings (SSSR count). The molecule has 2 heterocycles. The van der Waals surface area contributed by atoms with Gasteiger partial charge in [0.1, 0.15) is 12.4 Å². The molecule has 1 unspecified atom stereocenters. The van der Waals surface area contributed by atoms with Gasteiger partial charge in [0, 0.05) is 44.0 Å². The summed E-state index contributed by atoms with van der Waals surface area (Å²) in [6.45, 7) is 8.23.